The maximum Gasteiger partial charge on any atom is 1.00 e. The van der Waals surface area contributed by atoms with E-state index in [9.17, 15) is 25.6 Å². The van der Waals surface area contributed by atoms with Crippen LogP contribution in [0.25, 0.3) is 0 Å². The van der Waals surface area contributed by atoms with Gasteiger partial charge in [-0.1, -0.05) is 91.6 Å². The number of nitrogens with zero attached hydrogens (tertiary/aromatic N) is 10. The van der Waals surface area contributed by atoms with Crippen molar-refractivity contribution in [1.29, 1.82) is 0 Å². The molecule has 6 aliphatic rings. The minimum absolute atomic E-state index is 0. The Hall–Kier alpha value is -5.75. The first kappa shape index (κ1) is 82.7. The van der Waals surface area contributed by atoms with Gasteiger partial charge in [0.1, 0.15) is 13.5 Å². The van der Waals surface area contributed by atoms with Crippen molar-refractivity contribution in [2.24, 2.45) is 0 Å². The average Bonchev–Trinajstić information content (AvgIpc) is 1.61. The Morgan fingerprint density at radius 1 is 0.557 bits per heavy atom. The van der Waals surface area contributed by atoms with Gasteiger partial charge < -0.3 is 47.0 Å². The van der Waals surface area contributed by atoms with Gasteiger partial charge in [0.25, 0.3) is 5.16 Å². The van der Waals surface area contributed by atoms with Crippen LogP contribution in [-0.4, -0.2) is 126 Å². The van der Waals surface area contributed by atoms with E-state index in [1.807, 2.05) is 54.7 Å². The number of aromatic nitrogens is 12. The Morgan fingerprint density at radius 3 is 1.39 bits per heavy atom. The summed E-state index contributed by atoms with van der Waals surface area (Å²) < 4.78 is 89.6. The molecule has 0 spiro atoms. The number of aromatic amines is 2. The van der Waals surface area contributed by atoms with Crippen LogP contribution in [0.5, 0.6) is 0 Å². The first-order valence-electron chi connectivity index (χ1n) is 36.7. The van der Waals surface area contributed by atoms with Gasteiger partial charge >= 0.3 is 29.6 Å². The first-order chi connectivity index (χ1) is 50.0. The molecular weight excluding hydrogens is 1570 g/mol. The van der Waals surface area contributed by atoms with Crippen LogP contribution in [0.2, 0.25) is 51.4 Å². The van der Waals surface area contributed by atoms with Crippen molar-refractivity contribution >= 4 is 97.7 Å². The van der Waals surface area contributed by atoms with Gasteiger partial charge in [0.2, 0.25) is 47.8 Å². The van der Waals surface area contributed by atoms with Gasteiger partial charge in [0.05, 0.1) is 11.5 Å². The van der Waals surface area contributed by atoms with Gasteiger partial charge in [-0.25, -0.2) is 36.3 Å². The van der Waals surface area contributed by atoms with E-state index in [0.29, 0.717) is 43.9 Å². The molecule has 1 unspecified atom stereocenters. The second kappa shape index (κ2) is 37.8. The average molecular weight is 1670 g/mol. The van der Waals surface area contributed by atoms with E-state index in [2.05, 4.69) is 146 Å². The van der Waals surface area contributed by atoms with Gasteiger partial charge in [-0.3, -0.25) is 14.2 Å². The summed E-state index contributed by atoms with van der Waals surface area (Å²) >= 11 is 0.888. The molecule has 0 bridgehead atoms. The molecule has 0 aliphatic heterocycles. The maximum atomic E-state index is 13.2. The molecule has 9 aromatic rings. The number of pyridine rings is 3. The van der Waals surface area contributed by atoms with Crippen molar-refractivity contribution in [3.05, 3.63) is 175 Å². The molecule has 0 amide bonds. The third-order valence-corrected chi connectivity index (χ3v) is 27.1. The summed E-state index contributed by atoms with van der Waals surface area (Å²) in [6, 6.07) is 26.3. The Morgan fingerprint density at radius 2 is 0.981 bits per heavy atom. The second-order valence-corrected chi connectivity index (χ2v) is 46.9. The molecule has 6 heterocycles. The van der Waals surface area contributed by atoms with Crippen molar-refractivity contribution in [2.75, 3.05) is 46.0 Å². The number of benzene rings is 3. The summed E-state index contributed by atoms with van der Waals surface area (Å²) in [5.74, 6) is 1.02. The number of anilines is 6. The number of alkyl halides is 1. The van der Waals surface area contributed by atoms with Crippen LogP contribution >= 0.6 is 15.9 Å². The number of rotatable bonds is 27. The predicted octanol–water partition coefficient (Wildman–Crippen LogP) is 6.66. The number of nitrogens with one attached hydrogen (secondary N) is 5. The van der Waals surface area contributed by atoms with Crippen molar-refractivity contribution in [3.63, 3.8) is 0 Å². The van der Waals surface area contributed by atoms with Crippen molar-refractivity contribution < 1.29 is 86.6 Å². The number of hydrogen-bond donors (Lipinski definition) is 4. The molecule has 0 radical (unpaired) electrons. The number of sulfone groups is 2. The summed E-state index contributed by atoms with van der Waals surface area (Å²) in [5, 5.41) is 26.2. The molecule has 6 aliphatic carbocycles. The fourth-order valence-electron chi connectivity index (χ4n) is 14.4. The minimum atomic E-state index is -3.70. The topological polar surface area (TPSA) is 306 Å². The van der Waals surface area contributed by atoms with Crippen LogP contribution in [0.4, 0.5) is 34.9 Å². The second-order valence-electron chi connectivity index (χ2n) is 30.0. The third-order valence-electron chi connectivity index (χ3n) is 19.9. The molecular formula is C75H98Br2N15NaO8S3Si2. The Labute approximate surface area is 669 Å². The van der Waals surface area contributed by atoms with Crippen LogP contribution in [0.1, 0.15) is 122 Å². The zero-order chi connectivity index (χ0) is 73.0. The number of halogens is 2. The zero-order valence-electron chi connectivity index (χ0n) is 62.1. The fourth-order valence-corrected chi connectivity index (χ4v) is 18.9. The number of fused-ring (bicyclic) bond motifs is 6. The molecule has 0 saturated carbocycles. The Bertz CT molecular complexity index is 4630. The zero-order valence-corrected chi connectivity index (χ0v) is 71.7. The normalized spacial score (nSPS) is 14.8. The van der Waals surface area contributed by atoms with Crippen LogP contribution in [-0.2, 0) is 150 Å². The number of H-pyrrole nitrogens is 2. The number of ether oxygens (including phenoxy) is 2. The fraction of sp³-hybridized carbons (Fsp3) is 0.480. The first-order valence-corrected chi connectivity index (χ1v) is 49.6. The number of aryl methyl sites for hydroxylation is 9. The number of hydrogen-bond acceptors (Lipinski definition) is 19. The van der Waals surface area contributed by atoms with Crippen LogP contribution in [0, 0.1) is 0 Å². The molecule has 1 atom stereocenters. The standard InChI is InChI=1S/C27H37N5O3SSi.C21H23N5O2S.C20H30N4O3SSi.C7H8BrN.BrH.Na/c1-37(2,3)17-15-35-19-32-26(29-25-23-11-6-8-20(23)18-21-9-7-12-24(21)25)30-27(31-32)36(33,34)16-13-22-10-4-5-14-28-22;27-29(28,12-10-16-7-1-2-11-22-16)21-24-20(25-26-21)23-19-17-8-3-5-14(17)13-15-6-4-9-18(15)19;1-29(2,3)11-10-27-13-24-19(22-20(23-24)28(25)26)21-18-16-8-4-6-14(16)12-15-7-5-9-17(15)18;8-5-4-7-3-1-2-6-9-7;;/h4-5,10,14,18H,6-9,11-13,15-17,19H2,1-3H3,(H,29,30,31);1-2,7,11,13H,3-6,8-10,12H2,(H2,23,24,25,26);12H,4-11,13H2,1-3H3,(H,25,26)(H,21,22,23);1-3,6H,4-5H2;1H;/q;;;;;+1/p-1. The van der Waals surface area contributed by atoms with E-state index in [4.69, 9.17) is 9.47 Å². The van der Waals surface area contributed by atoms with Crippen LogP contribution < -0.4 is 67.5 Å². The SMILES string of the molecule is BrCCc1cccc[nH+]1.C[Si](C)(C)CCOCn1nc(S(=O)(=O)CCc2ccccn2)nc1Nc1c2c(cc3c1CCC3)CCC2.C[Si](C)(C)CCOCn1nc(S(=O)[O-])nc1Nc1c2c(cc3c1CCC3)CCC2.O=S(=O)(CCc1ccccn1)c1nc(Nc2c3c(cc4c2CCC4)CCC3)n[nH]1.[Br-].[Na+]. The van der Waals surface area contributed by atoms with Crippen LogP contribution in [0.15, 0.2) is 107 Å². The smallest absolute Gasteiger partial charge is 1.00 e. The van der Waals surface area contributed by atoms with Gasteiger partial charge in [-0.05, 0) is 219 Å². The largest absolute Gasteiger partial charge is 1.00 e. The molecule has 3 aromatic carbocycles. The molecule has 15 rings (SSSR count). The molecule has 562 valence electrons. The van der Waals surface area contributed by atoms with E-state index in [1.165, 1.54) is 77.1 Å². The van der Waals surface area contributed by atoms with Crippen molar-refractivity contribution in [1.82, 2.24) is 54.7 Å². The monoisotopic (exact) mass is 1670 g/mol. The predicted molar refractivity (Wildman–Crippen MR) is 414 cm³/mol. The van der Waals surface area contributed by atoms with Gasteiger partial charge in [-0.2, -0.15) is 15.0 Å². The summed E-state index contributed by atoms with van der Waals surface area (Å²) in [7, 11) is -9.70. The summed E-state index contributed by atoms with van der Waals surface area (Å²) in [6.07, 6.45) is 26.8. The van der Waals surface area contributed by atoms with E-state index in [1.54, 1.807) is 17.1 Å². The van der Waals surface area contributed by atoms with Gasteiger partial charge in [0, 0.05) is 118 Å². The third kappa shape index (κ3) is 21.8. The van der Waals surface area contributed by atoms with E-state index >= 15 is 0 Å². The van der Waals surface area contributed by atoms with E-state index in [0.717, 1.165) is 168 Å². The van der Waals surface area contributed by atoms with E-state index < -0.39 is 46.9 Å². The summed E-state index contributed by atoms with van der Waals surface area (Å²) in [4.78, 5) is 24.6. The van der Waals surface area contributed by atoms with E-state index in [-0.39, 0.29) is 87.0 Å². The Balaban J connectivity index is 0.000000160. The Kier molecular flexibility index (Phi) is 29.5. The van der Waals surface area contributed by atoms with Gasteiger partial charge in [0.15, 0.2) is 11.9 Å². The molecule has 106 heavy (non-hydrogen) atoms. The summed E-state index contributed by atoms with van der Waals surface area (Å²) in [5.41, 5.74) is 22.6. The van der Waals surface area contributed by atoms with Crippen molar-refractivity contribution in [2.45, 2.75) is 215 Å². The summed E-state index contributed by atoms with van der Waals surface area (Å²) in [6.45, 7) is 15.4. The molecule has 0 saturated heterocycles. The minimum Gasteiger partial charge on any atom is -1.00 e. The molecule has 5 N–H and O–H groups in total. The quantitative estimate of drug-likeness (QED) is 0.0181. The molecule has 31 heteroatoms. The van der Waals surface area contributed by atoms with Crippen molar-refractivity contribution in [3.8, 4) is 0 Å². The molecule has 23 nitrogen and oxygen atoms in total. The van der Waals surface area contributed by atoms with Crippen LogP contribution in [0.3, 0.4) is 0 Å². The van der Waals surface area contributed by atoms with Gasteiger partial charge in [-0.15, -0.1) is 15.3 Å². The maximum absolute atomic E-state index is 13.2. The molecule has 0 fully saturated rings. The molecule has 6 aromatic heterocycles.